The van der Waals surface area contributed by atoms with Crippen LogP contribution in [-0.2, 0) is 11.2 Å². The van der Waals surface area contributed by atoms with Crippen molar-refractivity contribution in [2.45, 2.75) is 25.3 Å². The minimum absolute atomic E-state index is 0.0560. The van der Waals surface area contributed by atoms with Crippen LogP contribution in [0.1, 0.15) is 18.4 Å². The molecule has 3 N–H and O–H groups in total. The number of amides is 1. The number of carbonyl (C=O) groups is 1. The molecular weight excluding hydrogens is 410 g/mol. The molecule has 1 fully saturated rings. The summed E-state index contributed by atoms with van der Waals surface area (Å²) in [5.41, 5.74) is 4.09. The standard InChI is InChI=1S/C24H24ClN5O/c25-18-9-7-16(8-10-18)22-13-23(29-28-22)30-11-3-4-19(15-30)27-24(31)12-17-14-26-21-6-2-1-5-20(17)21/h1-2,5-10,13-14,19,26H,3-4,11-12,15H2,(H,27,31)(H,28,29). The number of halogens is 1. The van der Waals surface area contributed by atoms with Gasteiger partial charge in [-0.25, -0.2) is 0 Å². The maximum absolute atomic E-state index is 12.7. The molecule has 0 saturated carbocycles. The summed E-state index contributed by atoms with van der Waals surface area (Å²) >= 11 is 5.99. The highest BCUT2D eigenvalue weighted by Crippen LogP contribution is 2.25. The third-order valence-electron chi connectivity index (χ3n) is 5.86. The molecule has 1 unspecified atom stereocenters. The van der Waals surface area contributed by atoms with E-state index in [1.54, 1.807) is 0 Å². The Kier molecular flexibility index (Phi) is 5.38. The second-order valence-electron chi connectivity index (χ2n) is 8.04. The van der Waals surface area contributed by atoms with E-state index < -0.39 is 0 Å². The van der Waals surface area contributed by atoms with Crippen LogP contribution in [0, 0.1) is 0 Å². The van der Waals surface area contributed by atoms with Gasteiger partial charge in [0.2, 0.25) is 5.91 Å². The molecule has 5 rings (SSSR count). The highest BCUT2D eigenvalue weighted by Gasteiger charge is 2.23. The Labute approximate surface area is 185 Å². The van der Waals surface area contributed by atoms with E-state index in [0.29, 0.717) is 11.4 Å². The molecule has 1 aliphatic rings. The maximum Gasteiger partial charge on any atom is 0.224 e. The first kappa shape index (κ1) is 19.7. The lowest BCUT2D eigenvalue weighted by Crippen LogP contribution is -2.48. The van der Waals surface area contributed by atoms with Gasteiger partial charge in [-0.1, -0.05) is 41.9 Å². The molecule has 2 aromatic carbocycles. The summed E-state index contributed by atoms with van der Waals surface area (Å²) in [6, 6.07) is 17.9. The number of carbonyl (C=O) groups excluding carboxylic acids is 1. The van der Waals surface area contributed by atoms with Crippen LogP contribution in [0.25, 0.3) is 22.2 Å². The van der Waals surface area contributed by atoms with E-state index in [9.17, 15) is 4.79 Å². The molecule has 4 aromatic rings. The van der Waals surface area contributed by atoms with Crippen molar-refractivity contribution < 1.29 is 4.79 Å². The van der Waals surface area contributed by atoms with Crippen LogP contribution < -0.4 is 10.2 Å². The fourth-order valence-corrected chi connectivity index (χ4v) is 4.41. The number of nitrogens with one attached hydrogen (secondary N) is 3. The molecule has 0 spiro atoms. The summed E-state index contributed by atoms with van der Waals surface area (Å²) in [6.45, 7) is 1.68. The first-order valence-corrected chi connectivity index (χ1v) is 10.9. The molecular formula is C24H24ClN5O. The highest BCUT2D eigenvalue weighted by molar-refractivity contribution is 6.30. The molecule has 1 atom stereocenters. The van der Waals surface area contributed by atoms with Crippen LogP contribution in [0.15, 0.2) is 60.8 Å². The number of fused-ring (bicyclic) bond motifs is 1. The van der Waals surface area contributed by atoms with Crippen molar-refractivity contribution in [2.75, 3.05) is 18.0 Å². The predicted molar refractivity (Wildman–Crippen MR) is 124 cm³/mol. The topological polar surface area (TPSA) is 76.8 Å². The maximum atomic E-state index is 12.7. The third-order valence-corrected chi connectivity index (χ3v) is 6.11. The Morgan fingerprint density at radius 3 is 2.90 bits per heavy atom. The number of nitrogens with zero attached hydrogens (tertiary/aromatic N) is 2. The van der Waals surface area contributed by atoms with Gasteiger partial charge in [0.05, 0.1) is 12.1 Å². The van der Waals surface area contributed by atoms with E-state index in [4.69, 9.17) is 11.6 Å². The molecule has 1 saturated heterocycles. The van der Waals surface area contributed by atoms with Crippen molar-refractivity contribution in [1.29, 1.82) is 0 Å². The van der Waals surface area contributed by atoms with Crippen LogP contribution in [0.5, 0.6) is 0 Å². The van der Waals surface area contributed by atoms with Gasteiger partial charge >= 0.3 is 0 Å². The summed E-state index contributed by atoms with van der Waals surface area (Å²) in [4.78, 5) is 18.2. The highest BCUT2D eigenvalue weighted by atomic mass is 35.5. The zero-order valence-electron chi connectivity index (χ0n) is 17.1. The second-order valence-corrected chi connectivity index (χ2v) is 8.47. The molecule has 31 heavy (non-hydrogen) atoms. The molecule has 3 heterocycles. The second kappa shape index (κ2) is 8.47. The van der Waals surface area contributed by atoms with Crippen LogP contribution >= 0.6 is 11.6 Å². The first-order valence-electron chi connectivity index (χ1n) is 10.6. The fraction of sp³-hybridized carbons (Fsp3) is 0.250. The van der Waals surface area contributed by atoms with Crippen molar-refractivity contribution in [1.82, 2.24) is 20.5 Å². The minimum atomic E-state index is 0.0560. The van der Waals surface area contributed by atoms with Crippen LogP contribution in [0.3, 0.4) is 0 Å². The van der Waals surface area contributed by atoms with E-state index in [1.165, 1.54) is 0 Å². The van der Waals surface area contributed by atoms with Crippen molar-refractivity contribution in [3.8, 4) is 11.3 Å². The average molecular weight is 434 g/mol. The van der Waals surface area contributed by atoms with Crippen LogP contribution in [-0.4, -0.2) is 40.2 Å². The summed E-state index contributed by atoms with van der Waals surface area (Å²) < 4.78 is 0. The lowest BCUT2D eigenvalue weighted by molar-refractivity contribution is -0.121. The number of rotatable bonds is 5. The zero-order chi connectivity index (χ0) is 21.2. The molecule has 1 aliphatic heterocycles. The normalized spacial score (nSPS) is 16.5. The van der Waals surface area contributed by atoms with Gasteiger partial charge in [-0.05, 0) is 42.2 Å². The monoisotopic (exact) mass is 433 g/mol. The molecule has 0 radical (unpaired) electrons. The molecule has 1 amide bonds. The average Bonchev–Trinajstić information content (AvgIpc) is 3.43. The van der Waals surface area contributed by atoms with Crippen LogP contribution in [0.4, 0.5) is 5.82 Å². The van der Waals surface area contributed by atoms with E-state index in [0.717, 1.165) is 59.5 Å². The van der Waals surface area contributed by atoms with Crippen molar-refractivity contribution in [3.63, 3.8) is 0 Å². The van der Waals surface area contributed by atoms with E-state index in [-0.39, 0.29) is 11.9 Å². The molecule has 158 valence electrons. The van der Waals surface area contributed by atoms with E-state index in [1.807, 2.05) is 54.7 Å². The lowest BCUT2D eigenvalue weighted by atomic mass is 10.0. The molecule has 7 heteroatoms. The first-order chi connectivity index (χ1) is 15.2. The Balaban J connectivity index is 1.22. The van der Waals surface area contributed by atoms with Crippen molar-refractivity contribution in [2.24, 2.45) is 0 Å². The van der Waals surface area contributed by atoms with Gasteiger partial charge in [0, 0.05) is 47.3 Å². The number of para-hydroxylation sites is 1. The number of anilines is 1. The number of hydrogen-bond acceptors (Lipinski definition) is 3. The molecule has 2 aromatic heterocycles. The predicted octanol–water partition coefficient (Wildman–Crippen LogP) is 4.54. The number of H-pyrrole nitrogens is 2. The van der Waals surface area contributed by atoms with Crippen molar-refractivity contribution in [3.05, 3.63) is 71.4 Å². The molecule has 0 bridgehead atoms. The molecule has 0 aliphatic carbocycles. The SMILES string of the molecule is O=C(Cc1c[nH]c2ccccc12)NC1CCCN(c2cc(-c3ccc(Cl)cc3)[nH]n2)C1. The van der Waals surface area contributed by atoms with E-state index >= 15 is 0 Å². The number of aromatic nitrogens is 3. The smallest absolute Gasteiger partial charge is 0.224 e. The summed E-state index contributed by atoms with van der Waals surface area (Å²) in [6.07, 6.45) is 4.30. The number of hydrogen-bond donors (Lipinski definition) is 3. The summed E-state index contributed by atoms with van der Waals surface area (Å²) in [5, 5.41) is 12.7. The number of piperidine rings is 1. The summed E-state index contributed by atoms with van der Waals surface area (Å²) in [5.74, 6) is 0.959. The van der Waals surface area contributed by atoms with Gasteiger partial charge in [-0.2, -0.15) is 5.10 Å². The van der Waals surface area contributed by atoms with Gasteiger partial charge in [-0.15, -0.1) is 0 Å². The Bertz CT molecular complexity index is 1200. The van der Waals surface area contributed by atoms with Gasteiger partial charge < -0.3 is 15.2 Å². The third kappa shape index (κ3) is 4.30. The zero-order valence-corrected chi connectivity index (χ0v) is 17.8. The van der Waals surface area contributed by atoms with E-state index in [2.05, 4.69) is 31.5 Å². The lowest BCUT2D eigenvalue weighted by Gasteiger charge is -2.33. The summed E-state index contributed by atoms with van der Waals surface area (Å²) in [7, 11) is 0. The fourth-order valence-electron chi connectivity index (χ4n) is 4.28. The van der Waals surface area contributed by atoms with Gasteiger partial charge in [0.1, 0.15) is 0 Å². The number of aromatic amines is 2. The van der Waals surface area contributed by atoms with Gasteiger partial charge in [0.15, 0.2) is 5.82 Å². The molecule has 6 nitrogen and oxygen atoms in total. The number of benzene rings is 2. The quantitative estimate of drug-likeness (QED) is 0.432. The Hall–Kier alpha value is -3.25. The van der Waals surface area contributed by atoms with Crippen molar-refractivity contribution >= 4 is 34.2 Å². The Morgan fingerprint density at radius 1 is 1.19 bits per heavy atom. The van der Waals surface area contributed by atoms with Crippen LogP contribution in [0.2, 0.25) is 5.02 Å². The van der Waals surface area contributed by atoms with Gasteiger partial charge in [-0.3, -0.25) is 9.89 Å². The van der Waals surface area contributed by atoms with Gasteiger partial charge in [0.25, 0.3) is 0 Å². The largest absolute Gasteiger partial charge is 0.361 e. The minimum Gasteiger partial charge on any atom is -0.361 e. The Morgan fingerprint density at radius 2 is 2.03 bits per heavy atom.